The number of halogens is 1. The van der Waals surface area contributed by atoms with Gasteiger partial charge in [0.2, 0.25) is 0 Å². The monoisotopic (exact) mass is 330 g/mol. The predicted octanol–water partition coefficient (Wildman–Crippen LogP) is 3.60. The molecule has 1 aromatic rings. The van der Waals surface area contributed by atoms with Gasteiger partial charge in [0.1, 0.15) is 0 Å². The maximum absolute atomic E-state index is 9.24. The molecule has 0 aromatic heterocycles. The first-order valence-corrected chi connectivity index (χ1v) is 8.52. The molecule has 0 N–H and O–H groups in total. The highest BCUT2D eigenvalue weighted by atomic mass is 35.5. The summed E-state index contributed by atoms with van der Waals surface area (Å²) >= 11 is 6.24. The van der Waals surface area contributed by atoms with Crippen LogP contribution in [0.5, 0.6) is 0 Å². The number of hydrogen-bond acceptors (Lipinski definition) is 4. The second-order valence-electron chi connectivity index (χ2n) is 6.05. The average Bonchev–Trinajstić information content (AvgIpc) is 2.79. The number of rotatable bonds is 5. The van der Waals surface area contributed by atoms with Gasteiger partial charge in [-0.1, -0.05) is 17.7 Å². The molecule has 2 rings (SSSR count). The summed E-state index contributed by atoms with van der Waals surface area (Å²) in [7, 11) is 0. The largest absolute Gasteiger partial charge is 0.370 e. The van der Waals surface area contributed by atoms with E-state index in [0.717, 1.165) is 49.7 Å². The molecule has 1 fully saturated rings. The molecule has 1 aromatic carbocycles. The molecule has 0 spiro atoms. The van der Waals surface area contributed by atoms with Crippen molar-refractivity contribution in [2.75, 3.05) is 37.6 Å². The minimum Gasteiger partial charge on any atom is -0.370 e. The Balaban J connectivity index is 1.96. The maximum Gasteiger partial charge on any atom is 0.0669 e. The van der Waals surface area contributed by atoms with Crippen molar-refractivity contribution in [3.63, 3.8) is 0 Å². The first kappa shape index (κ1) is 17.6. The average molecular weight is 331 g/mol. The zero-order valence-corrected chi connectivity index (χ0v) is 14.4. The van der Waals surface area contributed by atoms with Crippen molar-refractivity contribution < 1.29 is 0 Å². The summed E-state index contributed by atoms with van der Waals surface area (Å²) in [5.74, 6) is -0.0471. The molecule has 0 saturated carbocycles. The number of nitriles is 2. The van der Waals surface area contributed by atoms with Crippen LogP contribution in [0.1, 0.15) is 24.8 Å². The molecular formula is C18H23ClN4. The van der Waals surface area contributed by atoms with E-state index in [9.17, 15) is 5.26 Å². The van der Waals surface area contributed by atoms with Crippen LogP contribution in [0.4, 0.5) is 5.69 Å². The Morgan fingerprint density at radius 2 is 2.04 bits per heavy atom. The Hall–Kier alpha value is -1.75. The van der Waals surface area contributed by atoms with Gasteiger partial charge in [0.05, 0.1) is 18.1 Å². The van der Waals surface area contributed by atoms with Crippen molar-refractivity contribution in [3.05, 3.63) is 28.8 Å². The quantitative estimate of drug-likeness (QED) is 0.827. The van der Waals surface area contributed by atoms with Crippen molar-refractivity contribution in [1.82, 2.24) is 4.90 Å². The Kier molecular flexibility index (Phi) is 6.71. The van der Waals surface area contributed by atoms with Gasteiger partial charge in [0.25, 0.3) is 0 Å². The van der Waals surface area contributed by atoms with Gasteiger partial charge in [-0.05, 0) is 44.0 Å². The van der Waals surface area contributed by atoms with Crippen LogP contribution in [0, 0.1) is 35.5 Å². The van der Waals surface area contributed by atoms with Crippen molar-refractivity contribution in [1.29, 1.82) is 10.5 Å². The highest BCUT2D eigenvalue weighted by molar-refractivity contribution is 6.31. The van der Waals surface area contributed by atoms with Crippen LogP contribution in [0.25, 0.3) is 0 Å². The minimum atomic E-state index is -0.0471. The van der Waals surface area contributed by atoms with Gasteiger partial charge in [-0.15, -0.1) is 0 Å². The molecular weight excluding hydrogens is 308 g/mol. The van der Waals surface area contributed by atoms with E-state index in [1.54, 1.807) is 0 Å². The molecule has 122 valence electrons. The van der Waals surface area contributed by atoms with Gasteiger partial charge in [-0.2, -0.15) is 10.5 Å². The topological polar surface area (TPSA) is 54.1 Å². The number of benzene rings is 1. The van der Waals surface area contributed by atoms with E-state index in [4.69, 9.17) is 16.9 Å². The molecule has 1 aliphatic heterocycles. The van der Waals surface area contributed by atoms with Crippen molar-refractivity contribution in [2.45, 2.75) is 26.2 Å². The van der Waals surface area contributed by atoms with Crippen LogP contribution in [-0.2, 0) is 0 Å². The summed E-state index contributed by atoms with van der Waals surface area (Å²) in [6.45, 7) is 6.72. The van der Waals surface area contributed by atoms with Crippen LogP contribution in [0.2, 0.25) is 5.02 Å². The molecule has 1 heterocycles. The zero-order valence-electron chi connectivity index (χ0n) is 13.6. The summed E-state index contributed by atoms with van der Waals surface area (Å²) in [4.78, 5) is 4.74. The third-order valence-electron chi connectivity index (χ3n) is 4.43. The molecule has 0 amide bonds. The molecule has 1 saturated heterocycles. The summed E-state index contributed by atoms with van der Waals surface area (Å²) in [6.07, 6.45) is 2.20. The molecule has 1 aliphatic rings. The first-order valence-electron chi connectivity index (χ1n) is 8.14. The number of anilines is 1. The predicted molar refractivity (Wildman–Crippen MR) is 93.4 cm³/mol. The molecule has 0 aliphatic carbocycles. The van der Waals surface area contributed by atoms with E-state index in [2.05, 4.69) is 34.9 Å². The molecule has 1 atom stereocenters. The Morgan fingerprint density at radius 1 is 1.22 bits per heavy atom. The van der Waals surface area contributed by atoms with E-state index in [1.807, 2.05) is 12.1 Å². The minimum absolute atomic E-state index is 0.0471. The van der Waals surface area contributed by atoms with Gasteiger partial charge in [0.15, 0.2) is 0 Å². The number of hydrogen-bond donors (Lipinski definition) is 0. The highest BCUT2D eigenvalue weighted by Gasteiger charge is 2.19. The lowest BCUT2D eigenvalue weighted by atomic mass is 10.0. The van der Waals surface area contributed by atoms with Crippen LogP contribution in [0.3, 0.4) is 0 Å². The standard InChI is InChI=1S/C18H23ClN4/c1-15-17(19)6-2-7-18(15)23-10-4-9-22(11-12-23)14-16(13-21)5-3-8-20/h2,6-7,16H,3-5,9-12,14H2,1H3/t16-/m1/s1. The third kappa shape index (κ3) is 4.86. The molecule has 0 unspecified atom stereocenters. The van der Waals surface area contributed by atoms with Crippen LogP contribution in [-0.4, -0.2) is 37.6 Å². The van der Waals surface area contributed by atoms with Crippen molar-refractivity contribution >= 4 is 17.3 Å². The van der Waals surface area contributed by atoms with E-state index >= 15 is 0 Å². The Labute approximate surface area is 143 Å². The molecule has 5 heteroatoms. The van der Waals surface area contributed by atoms with Crippen molar-refractivity contribution in [3.8, 4) is 12.1 Å². The lowest BCUT2D eigenvalue weighted by Crippen LogP contribution is -2.34. The molecule has 0 radical (unpaired) electrons. The Morgan fingerprint density at radius 3 is 2.78 bits per heavy atom. The molecule has 4 nitrogen and oxygen atoms in total. The van der Waals surface area contributed by atoms with Gasteiger partial charge in [-0.25, -0.2) is 0 Å². The highest BCUT2D eigenvalue weighted by Crippen LogP contribution is 2.27. The van der Waals surface area contributed by atoms with E-state index in [0.29, 0.717) is 12.8 Å². The zero-order chi connectivity index (χ0) is 16.7. The smallest absolute Gasteiger partial charge is 0.0669 e. The summed E-state index contributed by atoms with van der Waals surface area (Å²) in [5, 5.41) is 18.7. The van der Waals surface area contributed by atoms with Crippen LogP contribution < -0.4 is 4.90 Å². The Bertz CT molecular complexity index is 602. The fourth-order valence-corrected chi connectivity index (χ4v) is 3.25. The normalized spacial score (nSPS) is 17.1. The fraction of sp³-hybridized carbons (Fsp3) is 0.556. The second-order valence-corrected chi connectivity index (χ2v) is 6.46. The second kappa shape index (κ2) is 8.77. The summed E-state index contributed by atoms with van der Waals surface area (Å²) in [6, 6.07) is 10.5. The lowest BCUT2D eigenvalue weighted by molar-refractivity contribution is 0.262. The van der Waals surface area contributed by atoms with Gasteiger partial charge >= 0.3 is 0 Å². The van der Waals surface area contributed by atoms with Crippen molar-refractivity contribution in [2.24, 2.45) is 5.92 Å². The maximum atomic E-state index is 9.24. The van der Waals surface area contributed by atoms with Crippen LogP contribution >= 0.6 is 11.6 Å². The molecule has 23 heavy (non-hydrogen) atoms. The molecule has 0 bridgehead atoms. The summed E-state index contributed by atoms with van der Waals surface area (Å²) < 4.78 is 0. The van der Waals surface area contributed by atoms with Gasteiger partial charge in [-0.3, -0.25) is 0 Å². The SMILES string of the molecule is Cc1c(Cl)cccc1N1CCCN(C[C@@H](C#N)CCC#N)CC1. The fourth-order valence-electron chi connectivity index (χ4n) is 3.08. The van der Waals surface area contributed by atoms with Crippen LogP contribution in [0.15, 0.2) is 18.2 Å². The summed E-state index contributed by atoms with van der Waals surface area (Å²) in [5.41, 5.74) is 2.34. The van der Waals surface area contributed by atoms with Gasteiger partial charge in [0, 0.05) is 43.3 Å². The van der Waals surface area contributed by atoms with E-state index in [-0.39, 0.29) is 5.92 Å². The lowest BCUT2D eigenvalue weighted by Gasteiger charge is -2.26. The van der Waals surface area contributed by atoms with E-state index < -0.39 is 0 Å². The number of nitrogens with zero attached hydrogens (tertiary/aromatic N) is 4. The van der Waals surface area contributed by atoms with Gasteiger partial charge < -0.3 is 9.80 Å². The first-order chi connectivity index (χ1) is 11.2. The van der Waals surface area contributed by atoms with E-state index in [1.165, 1.54) is 5.69 Å². The third-order valence-corrected chi connectivity index (χ3v) is 4.84.